The van der Waals surface area contributed by atoms with E-state index in [-0.39, 0.29) is 0 Å². The number of nitrogens with one attached hydrogen (secondary N) is 3. The number of hydrogen-bond donors (Lipinski definition) is 5. The number of rotatable bonds is 4. The summed E-state index contributed by atoms with van der Waals surface area (Å²) in [5, 5.41) is 23.7. The molecule has 0 aromatic rings. The zero-order valence-electron chi connectivity index (χ0n) is 11.1. The van der Waals surface area contributed by atoms with E-state index in [0.29, 0.717) is 0 Å². The molecule has 0 saturated carbocycles. The lowest BCUT2D eigenvalue weighted by atomic mass is 10.1. The van der Waals surface area contributed by atoms with E-state index in [9.17, 15) is 30.7 Å². The number of guanidine groups is 2. The van der Waals surface area contributed by atoms with Crippen LogP contribution in [0.4, 0.5) is 30.7 Å². The second kappa shape index (κ2) is 8.18. The van der Waals surface area contributed by atoms with E-state index in [1.54, 1.807) is 10.6 Å². The summed E-state index contributed by atoms with van der Waals surface area (Å²) in [4.78, 5) is 10.4. The summed E-state index contributed by atoms with van der Waals surface area (Å²) in [5.74, 6) is -13.8. The first-order chi connectivity index (χ1) is 10.1. The van der Waals surface area contributed by atoms with Gasteiger partial charge in [0.2, 0.25) is 5.96 Å². The van der Waals surface area contributed by atoms with Gasteiger partial charge >= 0.3 is 17.9 Å². The summed E-state index contributed by atoms with van der Waals surface area (Å²) in [5.41, 5.74) is 4.72. The molecule has 23 heavy (non-hydrogen) atoms. The van der Waals surface area contributed by atoms with Crippen molar-refractivity contribution in [2.45, 2.75) is 17.9 Å². The number of hydrogen-bond acceptors (Lipinski definition) is 4. The molecule has 0 unspecified atom stereocenters. The third kappa shape index (κ3) is 6.83. The monoisotopic (exact) mass is 360 g/mol. The Hall–Kier alpha value is -2.55. The summed E-state index contributed by atoms with van der Waals surface area (Å²) >= 11 is 0. The molecule has 0 radical (unpaired) electrons. The van der Waals surface area contributed by atoms with Crippen LogP contribution in [0.3, 0.4) is 0 Å². The Balaban J connectivity index is 0. The van der Waals surface area contributed by atoms with Crippen LogP contribution in [0.15, 0.2) is 4.99 Å². The SMILES string of the molecule is CN/C(=N\C(F)(F)C(F)(F)C(F)(F)CF)NC(=N)N.O=[N+]([O-])O. The highest BCUT2D eigenvalue weighted by molar-refractivity contribution is 5.96. The van der Waals surface area contributed by atoms with Gasteiger partial charge in [-0.25, -0.2) is 4.39 Å². The van der Waals surface area contributed by atoms with Crippen LogP contribution in [-0.4, -0.2) is 53.8 Å². The second-order valence-electron chi connectivity index (χ2n) is 3.44. The van der Waals surface area contributed by atoms with Crippen molar-refractivity contribution in [2.75, 3.05) is 13.7 Å². The quantitative estimate of drug-likeness (QED) is 0.123. The van der Waals surface area contributed by atoms with Gasteiger partial charge in [-0.2, -0.15) is 31.3 Å². The molecule has 0 aliphatic rings. The molecule has 0 fully saturated rings. The van der Waals surface area contributed by atoms with E-state index in [4.69, 9.17) is 26.5 Å². The van der Waals surface area contributed by atoms with Crippen LogP contribution in [0.2, 0.25) is 0 Å². The predicted octanol–water partition coefficient (Wildman–Crippen LogP) is 0.530. The van der Waals surface area contributed by atoms with Crippen molar-refractivity contribution in [2.24, 2.45) is 10.7 Å². The van der Waals surface area contributed by atoms with Crippen LogP contribution in [-0.2, 0) is 0 Å². The van der Waals surface area contributed by atoms with Gasteiger partial charge in [-0.3, -0.25) is 10.7 Å². The molecule has 0 rings (SSSR count). The van der Waals surface area contributed by atoms with Crippen molar-refractivity contribution in [3.05, 3.63) is 10.1 Å². The first kappa shape index (κ1) is 22.7. The summed E-state index contributed by atoms with van der Waals surface area (Å²) in [6.45, 7) is -2.99. The molecule has 0 amide bonds. The van der Waals surface area contributed by atoms with Crippen molar-refractivity contribution < 1.29 is 41.0 Å². The second-order valence-corrected chi connectivity index (χ2v) is 3.44. The Morgan fingerprint density at radius 2 is 1.74 bits per heavy atom. The van der Waals surface area contributed by atoms with E-state index >= 15 is 0 Å². The van der Waals surface area contributed by atoms with E-state index < -0.39 is 41.6 Å². The third-order valence-electron chi connectivity index (χ3n) is 1.75. The van der Waals surface area contributed by atoms with E-state index in [1.165, 1.54) is 0 Å². The van der Waals surface area contributed by atoms with Crippen molar-refractivity contribution in [3.63, 3.8) is 0 Å². The molecule has 0 bridgehead atoms. The molecule has 16 heteroatoms. The molecule has 0 spiro atoms. The third-order valence-corrected chi connectivity index (χ3v) is 1.75. The van der Waals surface area contributed by atoms with Crippen molar-refractivity contribution >= 4 is 11.9 Å². The van der Waals surface area contributed by atoms with Gasteiger partial charge in [0.05, 0.1) is 0 Å². The maximum absolute atomic E-state index is 13.0. The summed E-state index contributed by atoms with van der Waals surface area (Å²) < 4.78 is 88.3. The van der Waals surface area contributed by atoms with Crippen LogP contribution >= 0.6 is 0 Å². The molecule has 6 N–H and O–H groups in total. The lowest BCUT2D eigenvalue weighted by Crippen LogP contribution is -2.56. The fraction of sp³-hybridized carbons (Fsp3) is 0.714. The molecule has 136 valence electrons. The van der Waals surface area contributed by atoms with Crippen LogP contribution in [0.25, 0.3) is 0 Å². The minimum absolute atomic E-state index is 0.927. The van der Waals surface area contributed by atoms with Gasteiger partial charge in [0.15, 0.2) is 12.6 Å². The average Bonchev–Trinajstić information content (AvgIpc) is 2.35. The number of alkyl halides is 7. The molecule has 0 heterocycles. The largest absolute Gasteiger partial charge is 0.414 e. The number of nitrogens with zero attached hydrogens (tertiary/aromatic N) is 2. The lowest BCUT2D eigenvalue weighted by molar-refractivity contribution is -0.742. The van der Waals surface area contributed by atoms with E-state index in [2.05, 4.69) is 0 Å². The first-order valence-corrected chi connectivity index (χ1v) is 5.06. The summed E-state index contributed by atoms with van der Waals surface area (Å²) in [6.07, 6.45) is 0. The van der Waals surface area contributed by atoms with Gasteiger partial charge in [0.25, 0.3) is 5.09 Å². The molecule has 0 aliphatic heterocycles. The smallest absolute Gasteiger partial charge is 0.370 e. The average molecular weight is 360 g/mol. The predicted molar refractivity (Wildman–Crippen MR) is 61.1 cm³/mol. The number of halogens is 7. The van der Waals surface area contributed by atoms with Crippen LogP contribution < -0.4 is 16.4 Å². The molecular weight excluding hydrogens is 349 g/mol. The normalized spacial score (nSPS) is 12.8. The fourth-order valence-corrected chi connectivity index (χ4v) is 0.788. The maximum atomic E-state index is 13.0. The Morgan fingerprint density at radius 3 is 2.00 bits per heavy atom. The van der Waals surface area contributed by atoms with E-state index in [0.717, 1.165) is 7.05 Å². The molecule has 0 aromatic carbocycles. The standard InChI is InChI=1S/C7H10F7N5.HNO3/c1-17-4(18-3(15)16)19-7(13,14)6(11,12)5(9,10)2-8;2-1(3)4/h2H2,1H3,(H5,15,16,17,18,19);(H,2,3,4). The highest BCUT2D eigenvalue weighted by Crippen LogP contribution is 2.46. The number of nitrogens with two attached hydrogens (primary N) is 1. The van der Waals surface area contributed by atoms with Gasteiger partial charge in [-0.1, -0.05) is 0 Å². The van der Waals surface area contributed by atoms with Crippen molar-refractivity contribution in [1.29, 1.82) is 5.41 Å². The lowest BCUT2D eigenvalue weighted by Gasteiger charge is -2.28. The van der Waals surface area contributed by atoms with Gasteiger partial charge in [-0.15, -0.1) is 10.1 Å². The Kier molecular flexibility index (Phi) is 8.08. The summed E-state index contributed by atoms with van der Waals surface area (Å²) in [6, 6.07) is -5.62. The molecular formula is C7H11F7N6O3. The van der Waals surface area contributed by atoms with Crippen LogP contribution in [0.1, 0.15) is 0 Å². The Morgan fingerprint density at radius 1 is 1.35 bits per heavy atom. The molecule has 9 nitrogen and oxygen atoms in total. The van der Waals surface area contributed by atoms with Gasteiger partial charge < -0.3 is 16.3 Å². The van der Waals surface area contributed by atoms with Gasteiger partial charge in [0, 0.05) is 7.05 Å². The van der Waals surface area contributed by atoms with E-state index in [1.807, 2.05) is 4.99 Å². The number of aliphatic imine (C=N–C) groups is 1. The van der Waals surface area contributed by atoms with Crippen LogP contribution in [0, 0.1) is 15.5 Å². The van der Waals surface area contributed by atoms with Crippen molar-refractivity contribution in [3.8, 4) is 0 Å². The topological polar surface area (TPSA) is 150 Å². The van der Waals surface area contributed by atoms with Gasteiger partial charge in [0.1, 0.15) is 0 Å². The molecule has 0 atom stereocenters. The minimum Gasteiger partial charge on any atom is -0.370 e. The zero-order chi connectivity index (χ0) is 19.1. The highest BCUT2D eigenvalue weighted by Gasteiger charge is 2.72. The fourth-order valence-electron chi connectivity index (χ4n) is 0.788. The van der Waals surface area contributed by atoms with Crippen molar-refractivity contribution in [1.82, 2.24) is 10.6 Å². The molecule has 0 saturated heterocycles. The minimum atomic E-state index is -6.06. The zero-order valence-corrected chi connectivity index (χ0v) is 11.1. The molecule has 0 aliphatic carbocycles. The molecule has 0 aromatic heterocycles. The maximum Gasteiger partial charge on any atom is 0.414 e. The van der Waals surface area contributed by atoms with Crippen LogP contribution in [0.5, 0.6) is 0 Å². The first-order valence-electron chi connectivity index (χ1n) is 5.06. The highest BCUT2D eigenvalue weighted by atomic mass is 19.3. The van der Waals surface area contributed by atoms with Gasteiger partial charge in [-0.05, 0) is 0 Å². The Labute approximate surface area is 123 Å². The Bertz CT molecular complexity index is 454. The summed E-state index contributed by atoms with van der Waals surface area (Å²) in [7, 11) is 0.927.